The number of aromatic nitrogens is 2. The number of benzene rings is 9. The van der Waals surface area contributed by atoms with E-state index in [4.69, 9.17) is 0 Å². The van der Waals surface area contributed by atoms with Crippen LogP contribution >= 0.6 is 0 Å². The molecule has 2 aromatic heterocycles. The summed E-state index contributed by atoms with van der Waals surface area (Å²) >= 11 is 0. The largest absolute Gasteiger partial charge is 0.416 e. The smallest absolute Gasteiger partial charge is 0.309 e. The van der Waals surface area contributed by atoms with Crippen molar-refractivity contribution in [1.82, 2.24) is 9.13 Å². The van der Waals surface area contributed by atoms with Gasteiger partial charge < -0.3 is 9.13 Å². The molecule has 0 fully saturated rings. The highest BCUT2D eigenvalue weighted by atomic mass is 19.4. The van der Waals surface area contributed by atoms with Gasteiger partial charge in [-0.1, -0.05) is 119 Å². The molecular weight excluding hydrogens is 832 g/mol. The fourth-order valence-electron chi connectivity index (χ4n) is 10.4. The molecule has 6 heteroatoms. The van der Waals surface area contributed by atoms with E-state index >= 15 is 0 Å². The molecule has 9 aromatic carbocycles. The zero-order chi connectivity index (χ0) is 46.3. The maximum atomic E-state index is 14.4. The van der Waals surface area contributed by atoms with Crippen molar-refractivity contribution in [3.05, 3.63) is 215 Å². The van der Waals surface area contributed by atoms with Gasteiger partial charge in [-0.15, -0.1) is 0 Å². The van der Waals surface area contributed by atoms with Crippen LogP contribution in [-0.4, -0.2) is 9.13 Å². The molecule has 2 heterocycles. The Labute approximate surface area is 387 Å². The Bertz CT molecular complexity index is 3830. The summed E-state index contributed by atoms with van der Waals surface area (Å²) in [6, 6.07) is 61.5. The molecule has 0 saturated carbocycles. The van der Waals surface area contributed by atoms with E-state index in [9.17, 15) is 18.4 Å². The first-order valence-electron chi connectivity index (χ1n) is 22.4. The lowest BCUT2D eigenvalue weighted by Gasteiger charge is -2.20. The minimum atomic E-state index is -4.52. The zero-order valence-electron chi connectivity index (χ0n) is 37.7. The van der Waals surface area contributed by atoms with E-state index in [1.807, 2.05) is 48.5 Å². The van der Waals surface area contributed by atoms with Crippen molar-refractivity contribution in [2.24, 2.45) is 0 Å². The number of aryl methyl sites for hydroxylation is 5. The Balaban J connectivity index is 1.22. The second-order valence-corrected chi connectivity index (χ2v) is 18.1. The SMILES string of the molecule is Cc1cc(C)cc(-c2ccc3c(c2)c2ccccc2n3-c2ccc(C#N)cc2-c2cc(-c3cc(C)cc(C(F)(F)F)c3)ccc2-n2c3ccccc3c3cc(-c4cc(C)cc(C)c4)ccc32)c1. The summed E-state index contributed by atoms with van der Waals surface area (Å²) in [4.78, 5) is 0. The molecule has 11 rings (SSSR count). The van der Waals surface area contributed by atoms with E-state index < -0.39 is 11.7 Å². The molecule has 11 aromatic rings. The Kier molecular flexibility index (Phi) is 9.79. The highest BCUT2D eigenvalue weighted by molar-refractivity contribution is 6.13. The van der Waals surface area contributed by atoms with Gasteiger partial charge in [-0.05, 0) is 152 Å². The lowest BCUT2D eigenvalue weighted by Crippen LogP contribution is -2.05. The van der Waals surface area contributed by atoms with E-state index in [2.05, 4.69) is 152 Å². The molecular formula is C61H44F3N3. The van der Waals surface area contributed by atoms with Crippen LogP contribution in [0.25, 0.3) is 99.5 Å². The van der Waals surface area contributed by atoms with Gasteiger partial charge in [0.1, 0.15) is 0 Å². The van der Waals surface area contributed by atoms with Crippen molar-refractivity contribution >= 4 is 43.6 Å². The average Bonchev–Trinajstić information content (AvgIpc) is 3.82. The van der Waals surface area contributed by atoms with Gasteiger partial charge in [0.2, 0.25) is 0 Å². The number of alkyl halides is 3. The second kappa shape index (κ2) is 15.8. The van der Waals surface area contributed by atoms with Crippen molar-refractivity contribution in [3.63, 3.8) is 0 Å². The Morgan fingerprint density at radius 3 is 1.27 bits per heavy atom. The fraction of sp³-hybridized carbons (Fsp3) is 0.0984. The topological polar surface area (TPSA) is 33.6 Å². The van der Waals surface area contributed by atoms with Crippen molar-refractivity contribution in [1.29, 1.82) is 5.26 Å². The van der Waals surface area contributed by atoms with Crippen LogP contribution in [0.2, 0.25) is 0 Å². The molecule has 0 saturated heterocycles. The minimum Gasteiger partial charge on any atom is -0.309 e. The lowest BCUT2D eigenvalue weighted by molar-refractivity contribution is -0.137. The maximum Gasteiger partial charge on any atom is 0.416 e. The second-order valence-electron chi connectivity index (χ2n) is 18.1. The van der Waals surface area contributed by atoms with Crippen molar-refractivity contribution in [2.45, 2.75) is 40.8 Å². The first-order chi connectivity index (χ1) is 32.3. The summed E-state index contributed by atoms with van der Waals surface area (Å²) in [5, 5.41) is 14.8. The molecule has 67 heavy (non-hydrogen) atoms. The third-order valence-corrected chi connectivity index (χ3v) is 13.1. The van der Waals surface area contributed by atoms with E-state index in [1.54, 1.807) is 13.0 Å². The Morgan fingerprint density at radius 2 is 0.776 bits per heavy atom. The third kappa shape index (κ3) is 7.24. The first kappa shape index (κ1) is 41.6. The molecule has 0 aliphatic heterocycles. The van der Waals surface area contributed by atoms with Crippen molar-refractivity contribution in [3.8, 4) is 62.0 Å². The predicted octanol–water partition coefficient (Wildman–Crippen LogP) is 17.0. The van der Waals surface area contributed by atoms with Crippen LogP contribution in [0.15, 0.2) is 176 Å². The standard InChI is InChI=1S/C61H44F3N3/c1-36-22-37(2)25-45(24-36)42-15-19-58-52(32-42)49-10-6-8-12-55(49)66(58)57-18-14-41(35-65)30-51(57)54-34-44(47-28-40(5)29-48(31-47)61(62,63)64)17-21-60(54)67-56-13-9-7-11-50(56)53-33-43(16-20-59(53)67)46-26-38(3)23-39(4)27-46/h6-34H,1-5H3. The lowest BCUT2D eigenvalue weighted by atomic mass is 9.93. The highest BCUT2D eigenvalue weighted by Gasteiger charge is 2.31. The van der Waals surface area contributed by atoms with Crippen LogP contribution in [0.1, 0.15) is 38.9 Å². The molecule has 324 valence electrons. The molecule has 0 radical (unpaired) electrons. The van der Waals surface area contributed by atoms with Gasteiger partial charge in [0.25, 0.3) is 0 Å². The number of para-hydroxylation sites is 2. The monoisotopic (exact) mass is 875 g/mol. The quantitative estimate of drug-likeness (QED) is 0.164. The van der Waals surface area contributed by atoms with Gasteiger partial charge >= 0.3 is 6.18 Å². The number of halogens is 3. The van der Waals surface area contributed by atoms with E-state index in [0.717, 1.165) is 88.4 Å². The average molecular weight is 876 g/mol. The number of hydrogen-bond donors (Lipinski definition) is 0. The molecule has 3 nitrogen and oxygen atoms in total. The summed E-state index contributed by atoms with van der Waals surface area (Å²) in [5.74, 6) is 0. The number of nitriles is 1. The highest BCUT2D eigenvalue weighted by Crippen LogP contribution is 2.44. The van der Waals surface area contributed by atoms with Crippen LogP contribution < -0.4 is 0 Å². The fourth-order valence-corrected chi connectivity index (χ4v) is 10.4. The Morgan fingerprint density at radius 1 is 0.373 bits per heavy atom. The molecule has 0 aliphatic rings. The zero-order valence-corrected chi connectivity index (χ0v) is 37.7. The van der Waals surface area contributed by atoms with Crippen molar-refractivity contribution in [2.75, 3.05) is 0 Å². The van der Waals surface area contributed by atoms with E-state index in [0.29, 0.717) is 22.3 Å². The van der Waals surface area contributed by atoms with Gasteiger partial charge in [0.15, 0.2) is 0 Å². The van der Waals surface area contributed by atoms with Gasteiger partial charge in [-0.3, -0.25) is 0 Å². The van der Waals surface area contributed by atoms with Gasteiger partial charge in [-0.2, -0.15) is 18.4 Å². The molecule has 0 bridgehead atoms. The summed E-state index contributed by atoms with van der Waals surface area (Å²) in [5.41, 5.74) is 17.8. The summed E-state index contributed by atoms with van der Waals surface area (Å²) < 4.78 is 47.7. The maximum absolute atomic E-state index is 14.4. The molecule has 0 N–H and O–H groups in total. The van der Waals surface area contributed by atoms with E-state index in [-0.39, 0.29) is 0 Å². The number of rotatable bonds is 6. The minimum absolute atomic E-state index is 0.453. The van der Waals surface area contributed by atoms with Crippen LogP contribution in [0.4, 0.5) is 13.2 Å². The molecule has 0 amide bonds. The normalized spacial score (nSPS) is 11.9. The summed E-state index contributed by atoms with van der Waals surface area (Å²) in [6.45, 7) is 10.2. The van der Waals surface area contributed by atoms with Crippen LogP contribution in [0.5, 0.6) is 0 Å². The molecule has 0 atom stereocenters. The number of hydrogen-bond acceptors (Lipinski definition) is 1. The van der Waals surface area contributed by atoms with Gasteiger partial charge in [0.05, 0.1) is 50.6 Å². The van der Waals surface area contributed by atoms with Crippen LogP contribution in [-0.2, 0) is 6.18 Å². The summed E-state index contributed by atoms with van der Waals surface area (Å²) in [6.07, 6.45) is -4.52. The predicted molar refractivity (Wildman–Crippen MR) is 270 cm³/mol. The van der Waals surface area contributed by atoms with Crippen LogP contribution in [0, 0.1) is 45.9 Å². The molecule has 0 aliphatic carbocycles. The van der Waals surface area contributed by atoms with Crippen LogP contribution in [0.3, 0.4) is 0 Å². The van der Waals surface area contributed by atoms with Gasteiger partial charge in [-0.25, -0.2) is 0 Å². The third-order valence-electron chi connectivity index (χ3n) is 13.1. The Hall–Kier alpha value is -8.14. The first-order valence-corrected chi connectivity index (χ1v) is 22.4. The number of fused-ring (bicyclic) bond motifs is 6. The van der Waals surface area contributed by atoms with Crippen molar-refractivity contribution < 1.29 is 13.2 Å². The number of nitrogens with zero attached hydrogens (tertiary/aromatic N) is 3. The van der Waals surface area contributed by atoms with E-state index in [1.165, 1.54) is 34.4 Å². The summed E-state index contributed by atoms with van der Waals surface area (Å²) in [7, 11) is 0. The molecule has 0 unspecified atom stereocenters. The van der Waals surface area contributed by atoms with Gasteiger partial charge in [0, 0.05) is 32.7 Å². The molecule has 0 spiro atoms.